The summed E-state index contributed by atoms with van der Waals surface area (Å²) in [6.07, 6.45) is -4.67. The van der Waals surface area contributed by atoms with Gasteiger partial charge in [0.1, 0.15) is 0 Å². The van der Waals surface area contributed by atoms with Crippen molar-refractivity contribution in [3.05, 3.63) is 51.3 Å². The maximum atomic E-state index is 13.7. The van der Waals surface area contributed by atoms with E-state index >= 15 is 0 Å². The van der Waals surface area contributed by atoms with Gasteiger partial charge in [-0.05, 0) is 44.0 Å². The number of nitrogens with zero attached hydrogens (tertiary/aromatic N) is 4. The summed E-state index contributed by atoms with van der Waals surface area (Å²) in [5, 5.41) is 3.45. The predicted octanol–water partition coefficient (Wildman–Crippen LogP) is 4.20. The summed E-state index contributed by atoms with van der Waals surface area (Å²) in [7, 11) is 0. The van der Waals surface area contributed by atoms with Gasteiger partial charge < -0.3 is 4.74 Å². The number of hydrogen-bond donors (Lipinski definition) is 0. The highest BCUT2D eigenvalue weighted by molar-refractivity contribution is 9.10. The Morgan fingerprint density at radius 2 is 1.96 bits per heavy atom. The van der Waals surface area contributed by atoms with Gasteiger partial charge in [-0.15, -0.1) is 5.10 Å². The van der Waals surface area contributed by atoms with Crippen LogP contribution in [0.25, 0.3) is 5.78 Å². The van der Waals surface area contributed by atoms with Crippen LogP contribution >= 0.6 is 15.9 Å². The molecule has 0 N–H and O–H groups in total. The first-order chi connectivity index (χ1) is 13.1. The fourth-order valence-electron chi connectivity index (χ4n) is 2.65. The van der Waals surface area contributed by atoms with Crippen molar-refractivity contribution in [3.63, 3.8) is 0 Å². The van der Waals surface area contributed by atoms with E-state index in [4.69, 9.17) is 4.74 Å². The van der Waals surface area contributed by atoms with E-state index in [1.165, 1.54) is 12.1 Å². The Balaban J connectivity index is 1.79. The molecule has 3 aromatic rings. The average Bonchev–Trinajstić information content (AvgIpc) is 3.01. The second-order valence-electron chi connectivity index (χ2n) is 5.95. The minimum atomic E-state index is -4.69. The number of alkyl halides is 3. The van der Waals surface area contributed by atoms with Crippen LogP contribution in [-0.2, 0) is 17.4 Å². The first-order valence-electron chi connectivity index (χ1n) is 8.02. The molecule has 0 saturated carbocycles. The van der Waals surface area contributed by atoms with Crippen LogP contribution in [0.1, 0.15) is 29.2 Å². The van der Waals surface area contributed by atoms with Crippen molar-refractivity contribution in [2.75, 3.05) is 0 Å². The van der Waals surface area contributed by atoms with Crippen LogP contribution in [0.4, 0.5) is 17.6 Å². The van der Waals surface area contributed by atoms with E-state index in [-0.39, 0.29) is 24.4 Å². The quantitative estimate of drug-likeness (QED) is 0.331. The van der Waals surface area contributed by atoms with E-state index in [2.05, 4.69) is 31.0 Å². The largest absolute Gasteiger partial charge is 0.453 e. The fourth-order valence-corrected chi connectivity index (χ4v) is 2.98. The molecule has 0 aliphatic carbocycles. The summed E-state index contributed by atoms with van der Waals surface area (Å²) in [4.78, 5) is 19.5. The van der Waals surface area contributed by atoms with Crippen molar-refractivity contribution in [2.45, 2.75) is 32.9 Å². The van der Waals surface area contributed by atoms with Crippen LogP contribution in [0.5, 0.6) is 5.75 Å². The molecule has 1 aromatic carbocycles. The molecule has 3 rings (SSSR count). The van der Waals surface area contributed by atoms with E-state index in [9.17, 15) is 22.4 Å². The highest BCUT2D eigenvalue weighted by Gasteiger charge is 2.37. The number of benzene rings is 1. The molecular formula is C17H13BrF4N4O2. The van der Waals surface area contributed by atoms with Crippen molar-refractivity contribution < 1.29 is 27.1 Å². The summed E-state index contributed by atoms with van der Waals surface area (Å²) in [6, 6.07) is 4.01. The summed E-state index contributed by atoms with van der Waals surface area (Å²) in [5.41, 5.74) is 1.35. The van der Waals surface area contributed by atoms with Crippen molar-refractivity contribution in [1.29, 1.82) is 0 Å². The van der Waals surface area contributed by atoms with Crippen molar-refractivity contribution in [1.82, 2.24) is 19.6 Å². The number of carbonyl (C=O) groups excluding carboxylic acids is 1. The first-order valence-corrected chi connectivity index (χ1v) is 8.81. The summed E-state index contributed by atoms with van der Waals surface area (Å²) < 4.78 is 58.7. The van der Waals surface area contributed by atoms with Crippen LogP contribution in [-0.4, -0.2) is 25.6 Å². The van der Waals surface area contributed by atoms with Gasteiger partial charge in [-0.25, -0.2) is 13.9 Å². The molecular weight excluding hydrogens is 448 g/mol. The molecule has 0 radical (unpaired) electrons. The Kier molecular flexibility index (Phi) is 5.37. The van der Waals surface area contributed by atoms with E-state index in [1.54, 1.807) is 13.8 Å². The number of aromatic nitrogens is 4. The predicted molar refractivity (Wildman–Crippen MR) is 93.3 cm³/mol. The second kappa shape index (κ2) is 7.46. The zero-order valence-electron chi connectivity index (χ0n) is 14.6. The first kappa shape index (κ1) is 20.2. The minimum Gasteiger partial charge on any atom is -0.423 e. The molecule has 2 aromatic heterocycles. The van der Waals surface area contributed by atoms with Crippen molar-refractivity contribution in [2.24, 2.45) is 0 Å². The number of aryl methyl sites for hydroxylation is 2. The summed E-state index contributed by atoms with van der Waals surface area (Å²) in [6.45, 7) is 3.16. The van der Waals surface area contributed by atoms with Crippen LogP contribution in [0.2, 0.25) is 0 Å². The normalized spacial score (nSPS) is 11.8. The zero-order chi connectivity index (χ0) is 20.6. The van der Waals surface area contributed by atoms with Crippen LogP contribution in [0.15, 0.2) is 22.7 Å². The number of esters is 1. The molecule has 0 aliphatic heterocycles. The van der Waals surface area contributed by atoms with Gasteiger partial charge in [-0.3, -0.25) is 4.79 Å². The lowest BCUT2D eigenvalue weighted by Gasteiger charge is -2.10. The van der Waals surface area contributed by atoms with E-state index < -0.39 is 23.8 Å². The van der Waals surface area contributed by atoms with Crippen LogP contribution in [0, 0.1) is 19.7 Å². The lowest BCUT2D eigenvalue weighted by atomic mass is 10.1. The molecule has 2 heterocycles. The number of hydrogen-bond acceptors (Lipinski definition) is 5. The molecule has 0 amide bonds. The van der Waals surface area contributed by atoms with Crippen LogP contribution < -0.4 is 4.74 Å². The monoisotopic (exact) mass is 460 g/mol. The molecule has 0 spiro atoms. The molecule has 0 atom stereocenters. The molecule has 0 bridgehead atoms. The van der Waals surface area contributed by atoms with E-state index in [1.807, 2.05) is 0 Å². The van der Waals surface area contributed by atoms with Crippen molar-refractivity contribution >= 4 is 27.7 Å². The maximum absolute atomic E-state index is 13.7. The Morgan fingerprint density at radius 1 is 1.25 bits per heavy atom. The molecule has 28 heavy (non-hydrogen) atoms. The SMILES string of the molecule is Cc1nc2nc(C(F)(F)F)nn2c(C)c1CCC(=O)Oc1ccc(Br)cc1F. The lowest BCUT2D eigenvalue weighted by molar-refractivity contribution is -0.144. The minimum absolute atomic E-state index is 0.120. The van der Waals surface area contributed by atoms with Gasteiger partial charge in [0.25, 0.3) is 11.6 Å². The smallest absolute Gasteiger partial charge is 0.423 e. The Labute approximate surface area is 164 Å². The number of rotatable bonds is 4. The third-order valence-corrected chi connectivity index (χ3v) is 4.49. The number of carbonyl (C=O) groups is 1. The summed E-state index contributed by atoms with van der Waals surface area (Å²) >= 11 is 3.10. The maximum Gasteiger partial charge on any atom is 0.453 e. The van der Waals surface area contributed by atoms with Gasteiger partial charge in [-0.2, -0.15) is 18.2 Å². The fraction of sp³-hybridized carbons (Fsp3) is 0.294. The molecule has 0 aliphatic rings. The van der Waals surface area contributed by atoms with Gasteiger partial charge in [0.15, 0.2) is 11.6 Å². The molecule has 0 unspecified atom stereocenters. The van der Waals surface area contributed by atoms with Crippen LogP contribution in [0.3, 0.4) is 0 Å². The number of ether oxygens (including phenoxy) is 1. The highest BCUT2D eigenvalue weighted by Crippen LogP contribution is 2.27. The second-order valence-corrected chi connectivity index (χ2v) is 6.87. The Hall–Kier alpha value is -2.56. The number of halogens is 5. The highest BCUT2D eigenvalue weighted by atomic mass is 79.9. The lowest BCUT2D eigenvalue weighted by Crippen LogP contribution is -2.13. The molecule has 0 fully saturated rings. The van der Waals surface area contributed by atoms with E-state index in [0.29, 0.717) is 21.4 Å². The van der Waals surface area contributed by atoms with E-state index in [0.717, 1.165) is 10.6 Å². The number of fused-ring (bicyclic) bond motifs is 1. The van der Waals surface area contributed by atoms with Gasteiger partial charge in [-0.1, -0.05) is 15.9 Å². The molecule has 11 heteroatoms. The Morgan fingerprint density at radius 3 is 2.61 bits per heavy atom. The molecule has 148 valence electrons. The van der Waals surface area contributed by atoms with Gasteiger partial charge in [0, 0.05) is 15.9 Å². The third kappa shape index (κ3) is 4.13. The summed E-state index contributed by atoms with van der Waals surface area (Å²) in [5.74, 6) is -3.05. The standard InChI is InChI=1S/C17H13BrF4N4O2/c1-8-11(4-6-14(27)28-13-5-3-10(18)7-12(13)19)9(2)26-16(23-8)24-15(25-26)17(20,21)22/h3,5,7H,4,6H2,1-2H3. The third-order valence-electron chi connectivity index (χ3n) is 4.00. The molecule has 0 saturated heterocycles. The van der Waals surface area contributed by atoms with Gasteiger partial charge >= 0.3 is 12.1 Å². The topological polar surface area (TPSA) is 69.4 Å². The van der Waals surface area contributed by atoms with Gasteiger partial charge in [0.05, 0.1) is 6.42 Å². The molecule has 6 nitrogen and oxygen atoms in total. The zero-order valence-corrected chi connectivity index (χ0v) is 16.2. The van der Waals surface area contributed by atoms with Crippen molar-refractivity contribution in [3.8, 4) is 5.75 Å². The van der Waals surface area contributed by atoms with Gasteiger partial charge in [0.2, 0.25) is 0 Å². The average molecular weight is 461 g/mol. The Bertz CT molecular complexity index is 1070.